The highest BCUT2D eigenvalue weighted by atomic mass is 19.1. The summed E-state index contributed by atoms with van der Waals surface area (Å²) >= 11 is 0. The molecule has 0 bridgehead atoms. The van der Waals surface area contributed by atoms with Crippen molar-refractivity contribution in [3.8, 4) is 0 Å². The Kier molecular flexibility index (Phi) is 5.74. The Morgan fingerprint density at radius 3 is 2.56 bits per heavy atom. The zero-order chi connectivity index (χ0) is 19.4. The first kappa shape index (κ1) is 19.3. The number of carbonyl (C=O) groups excluding carboxylic acids is 3. The van der Waals surface area contributed by atoms with Gasteiger partial charge in [-0.1, -0.05) is 31.4 Å². The molecule has 27 heavy (non-hydrogen) atoms. The third kappa shape index (κ3) is 4.44. The van der Waals surface area contributed by atoms with E-state index < -0.39 is 17.5 Å². The molecule has 1 aromatic carbocycles. The highest BCUT2D eigenvalue weighted by Crippen LogP contribution is 2.32. The highest BCUT2D eigenvalue weighted by molar-refractivity contribution is 6.08. The minimum atomic E-state index is -0.845. The molecule has 1 heterocycles. The molecule has 0 atom stereocenters. The first-order valence-corrected chi connectivity index (χ1v) is 9.29. The predicted molar refractivity (Wildman–Crippen MR) is 96.7 cm³/mol. The number of hydrazine groups is 1. The molecule has 8 heteroatoms. The fourth-order valence-corrected chi connectivity index (χ4v) is 3.67. The quantitative estimate of drug-likeness (QED) is 0.744. The fraction of sp³-hybridized carbons (Fsp3) is 0.526. The molecule has 1 saturated heterocycles. The van der Waals surface area contributed by atoms with Crippen molar-refractivity contribution in [2.45, 2.75) is 50.6 Å². The van der Waals surface area contributed by atoms with Crippen LogP contribution in [0.25, 0.3) is 0 Å². The van der Waals surface area contributed by atoms with Crippen molar-refractivity contribution in [2.75, 3.05) is 13.6 Å². The Balaban J connectivity index is 1.48. The number of urea groups is 1. The van der Waals surface area contributed by atoms with Crippen LogP contribution in [0.2, 0.25) is 0 Å². The van der Waals surface area contributed by atoms with Crippen LogP contribution in [0.1, 0.15) is 44.1 Å². The minimum Gasteiger partial charge on any atom is -0.322 e. The number of benzene rings is 1. The van der Waals surface area contributed by atoms with E-state index in [9.17, 15) is 18.8 Å². The topological polar surface area (TPSA) is 81.8 Å². The molecular weight excluding hydrogens is 351 g/mol. The number of hydrogen-bond donors (Lipinski definition) is 2. The molecule has 2 aliphatic rings. The molecule has 1 saturated carbocycles. The molecule has 1 spiro atoms. The minimum absolute atomic E-state index is 0.141. The Morgan fingerprint density at radius 2 is 1.89 bits per heavy atom. The van der Waals surface area contributed by atoms with Crippen molar-refractivity contribution in [3.05, 3.63) is 35.6 Å². The lowest BCUT2D eigenvalue weighted by Gasteiger charge is -2.30. The average Bonchev–Trinajstić information content (AvgIpc) is 2.86. The molecule has 3 rings (SSSR count). The summed E-state index contributed by atoms with van der Waals surface area (Å²) in [5.74, 6) is -1.04. The third-order valence-corrected chi connectivity index (χ3v) is 5.19. The maximum absolute atomic E-state index is 12.9. The zero-order valence-electron chi connectivity index (χ0n) is 15.5. The first-order chi connectivity index (χ1) is 12.9. The van der Waals surface area contributed by atoms with E-state index in [-0.39, 0.29) is 18.1 Å². The second kappa shape index (κ2) is 8.04. The van der Waals surface area contributed by atoms with E-state index >= 15 is 0 Å². The van der Waals surface area contributed by atoms with Crippen molar-refractivity contribution >= 4 is 17.8 Å². The molecule has 0 radical (unpaired) electrons. The lowest BCUT2D eigenvalue weighted by atomic mass is 9.82. The maximum Gasteiger partial charge on any atom is 0.344 e. The molecule has 2 N–H and O–H groups in total. The number of hydrogen-bond acceptors (Lipinski definition) is 4. The van der Waals surface area contributed by atoms with Gasteiger partial charge in [0.1, 0.15) is 11.4 Å². The van der Waals surface area contributed by atoms with E-state index in [1.165, 1.54) is 12.1 Å². The van der Waals surface area contributed by atoms with E-state index in [2.05, 4.69) is 10.7 Å². The number of halogens is 1. The fourth-order valence-electron chi connectivity index (χ4n) is 3.67. The number of amides is 4. The molecule has 146 valence electrons. The Morgan fingerprint density at radius 1 is 1.22 bits per heavy atom. The van der Waals surface area contributed by atoms with Crippen LogP contribution in [0.4, 0.5) is 9.18 Å². The monoisotopic (exact) mass is 376 g/mol. The number of nitrogens with zero attached hydrogens (tertiary/aromatic N) is 2. The van der Waals surface area contributed by atoms with Gasteiger partial charge in [-0.15, -0.1) is 0 Å². The summed E-state index contributed by atoms with van der Waals surface area (Å²) < 4.78 is 12.9. The van der Waals surface area contributed by atoms with Crippen LogP contribution in [0, 0.1) is 5.82 Å². The third-order valence-electron chi connectivity index (χ3n) is 5.19. The van der Waals surface area contributed by atoms with Crippen LogP contribution in [-0.2, 0) is 16.1 Å². The van der Waals surface area contributed by atoms with Gasteiger partial charge in [0.05, 0.1) is 0 Å². The number of nitrogens with one attached hydrogen (secondary N) is 2. The van der Waals surface area contributed by atoms with E-state index in [1.54, 1.807) is 12.1 Å². The van der Waals surface area contributed by atoms with E-state index in [1.807, 2.05) is 11.9 Å². The van der Waals surface area contributed by atoms with Gasteiger partial charge in [0.25, 0.3) is 5.91 Å². The van der Waals surface area contributed by atoms with Crippen molar-refractivity contribution in [2.24, 2.45) is 0 Å². The molecule has 0 aromatic heterocycles. The maximum atomic E-state index is 12.9. The van der Waals surface area contributed by atoms with Crippen molar-refractivity contribution in [1.29, 1.82) is 0 Å². The first-order valence-electron chi connectivity index (χ1n) is 9.29. The van der Waals surface area contributed by atoms with Crippen LogP contribution in [0.3, 0.4) is 0 Å². The van der Waals surface area contributed by atoms with Gasteiger partial charge >= 0.3 is 6.03 Å². The normalized spacial score (nSPS) is 18.9. The van der Waals surface area contributed by atoms with E-state index in [0.717, 1.165) is 29.8 Å². The zero-order valence-corrected chi connectivity index (χ0v) is 15.5. The van der Waals surface area contributed by atoms with Gasteiger partial charge in [0, 0.05) is 19.5 Å². The van der Waals surface area contributed by atoms with Crippen LogP contribution >= 0.6 is 0 Å². The molecule has 4 amide bonds. The highest BCUT2D eigenvalue weighted by Gasteiger charge is 2.52. The summed E-state index contributed by atoms with van der Waals surface area (Å²) in [5, 5.41) is 3.59. The smallest absolute Gasteiger partial charge is 0.322 e. The Bertz CT molecular complexity index is 716. The summed E-state index contributed by atoms with van der Waals surface area (Å²) in [6, 6.07) is 5.63. The average molecular weight is 376 g/mol. The molecular formula is C19H25FN4O3. The van der Waals surface area contributed by atoms with E-state index in [0.29, 0.717) is 25.9 Å². The summed E-state index contributed by atoms with van der Waals surface area (Å²) in [4.78, 5) is 38.9. The van der Waals surface area contributed by atoms with E-state index in [4.69, 9.17) is 0 Å². The second-order valence-corrected chi connectivity index (χ2v) is 7.36. The van der Waals surface area contributed by atoms with Gasteiger partial charge in [0.15, 0.2) is 0 Å². The van der Waals surface area contributed by atoms with Crippen LogP contribution in [0.5, 0.6) is 0 Å². The standard InChI is InChI=1S/C19H25FN4O3/c1-23(13-14-5-7-15(20)8-6-14)12-9-16(25)22-24-17(26)19(21-18(24)27)10-3-2-4-11-19/h5-8H,2-4,9-13H2,1H3,(H,21,27)(H,22,25). The number of rotatable bonds is 6. The lowest BCUT2D eigenvalue weighted by Crippen LogP contribution is -2.51. The predicted octanol–water partition coefficient (Wildman–Crippen LogP) is 1.93. The summed E-state index contributed by atoms with van der Waals surface area (Å²) in [6.45, 7) is 1.01. The van der Waals surface area contributed by atoms with Crippen LogP contribution in [-0.4, -0.2) is 46.9 Å². The largest absolute Gasteiger partial charge is 0.344 e. The summed E-state index contributed by atoms with van der Waals surface area (Å²) in [6.07, 6.45) is 4.21. The number of imide groups is 1. The molecule has 7 nitrogen and oxygen atoms in total. The van der Waals surface area contributed by atoms with Gasteiger partial charge in [-0.3, -0.25) is 15.0 Å². The lowest BCUT2D eigenvalue weighted by molar-refractivity contribution is -0.140. The molecule has 0 unspecified atom stereocenters. The van der Waals surface area contributed by atoms with Crippen LogP contribution < -0.4 is 10.7 Å². The van der Waals surface area contributed by atoms with Gasteiger partial charge in [-0.05, 0) is 37.6 Å². The van der Waals surface area contributed by atoms with Crippen LogP contribution in [0.15, 0.2) is 24.3 Å². The molecule has 1 aliphatic carbocycles. The molecule has 1 aliphatic heterocycles. The second-order valence-electron chi connectivity index (χ2n) is 7.36. The summed E-state index contributed by atoms with van der Waals surface area (Å²) in [7, 11) is 1.85. The molecule has 2 fully saturated rings. The van der Waals surface area contributed by atoms with Crippen molar-refractivity contribution in [3.63, 3.8) is 0 Å². The Hall–Kier alpha value is -2.48. The SMILES string of the molecule is CN(CCC(=O)NN1C(=O)NC2(CCCCC2)C1=O)Cc1ccc(F)cc1. The van der Waals surface area contributed by atoms with Gasteiger partial charge in [0.2, 0.25) is 5.91 Å². The van der Waals surface area contributed by atoms with Gasteiger partial charge in [-0.25, -0.2) is 9.18 Å². The van der Waals surface area contributed by atoms with Crippen molar-refractivity contribution in [1.82, 2.24) is 20.7 Å². The van der Waals surface area contributed by atoms with Crippen molar-refractivity contribution < 1.29 is 18.8 Å². The van der Waals surface area contributed by atoms with Gasteiger partial charge in [-0.2, -0.15) is 5.01 Å². The summed E-state index contributed by atoms with van der Waals surface area (Å²) in [5.41, 5.74) is 2.53. The number of carbonyl (C=O) groups is 3. The Labute approximate surface area is 157 Å². The molecule has 1 aromatic rings. The van der Waals surface area contributed by atoms with Gasteiger partial charge < -0.3 is 10.2 Å².